The van der Waals surface area contributed by atoms with Crippen LogP contribution in [0.2, 0.25) is 0 Å². The Hall–Kier alpha value is -3.35. The maximum atomic E-state index is 12.4. The van der Waals surface area contributed by atoms with Crippen molar-refractivity contribution in [2.24, 2.45) is 0 Å². The molecular formula is C21H22N4O3. The van der Waals surface area contributed by atoms with Gasteiger partial charge in [-0.2, -0.15) is 4.98 Å². The van der Waals surface area contributed by atoms with Gasteiger partial charge in [-0.15, -0.1) is 0 Å². The number of para-hydroxylation sites is 2. The Bertz CT molecular complexity index is 942. The van der Waals surface area contributed by atoms with E-state index >= 15 is 0 Å². The summed E-state index contributed by atoms with van der Waals surface area (Å²) in [6.45, 7) is 3.46. The van der Waals surface area contributed by atoms with Gasteiger partial charge in [0.05, 0.1) is 18.8 Å². The van der Waals surface area contributed by atoms with Crippen molar-refractivity contribution in [2.75, 3.05) is 18.0 Å². The molecule has 1 N–H and O–H groups in total. The molecule has 1 atom stereocenters. The smallest absolute Gasteiger partial charge is 0.262 e. The third-order valence-electron chi connectivity index (χ3n) is 4.53. The van der Waals surface area contributed by atoms with Gasteiger partial charge in [0, 0.05) is 12.1 Å². The highest BCUT2D eigenvalue weighted by Crippen LogP contribution is 2.34. The van der Waals surface area contributed by atoms with Crippen molar-refractivity contribution in [1.82, 2.24) is 15.5 Å². The number of benzene rings is 2. The number of ether oxygens (including phenoxy) is 1. The second-order valence-corrected chi connectivity index (χ2v) is 6.62. The first-order valence-electron chi connectivity index (χ1n) is 9.41. The molecule has 1 aromatic heterocycles. The second-order valence-electron chi connectivity index (χ2n) is 6.62. The number of amides is 1. The molecule has 0 spiro atoms. The highest BCUT2D eigenvalue weighted by Gasteiger charge is 2.31. The van der Waals surface area contributed by atoms with Crippen LogP contribution in [0.15, 0.2) is 59.1 Å². The summed E-state index contributed by atoms with van der Waals surface area (Å²) < 4.78 is 11.4. The summed E-state index contributed by atoms with van der Waals surface area (Å²) in [6.07, 6.45) is 0.293. The third-order valence-corrected chi connectivity index (χ3v) is 4.53. The molecule has 2 aromatic carbocycles. The van der Waals surface area contributed by atoms with Crippen LogP contribution >= 0.6 is 0 Å². The van der Waals surface area contributed by atoms with Gasteiger partial charge in [0.25, 0.3) is 5.91 Å². The van der Waals surface area contributed by atoms with Gasteiger partial charge in [-0.1, -0.05) is 54.5 Å². The predicted octanol–water partition coefficient (Wildman–Crippen LogP) is 3.03. The molecule has 3 aromatic rings. The average Bonchev–Trinajstić information content (AvgIpc) is 3.21. The van der Waals surface area contributed by atoms with Crippen LogP contribution in [0, 0.1) is 0 Å². The van der Waals surface area contributed by atoms with Crippen molar-refractivity contribution in [3.05, 3.63) is 60.5 Å². The van der Waals surface area contributed by atoms with Crippen molar-refractivity contribution in [1.29, 1.82) is 0 Å². The Balaban J connectivity index is 1.54. The summed E-state index contributed by atoms with van der Waals surface area (Å²) in [5.74, 6) is 1.60. The first kappa shape index (κ1) is 18.0. The molecule has 0 saturated heterocycles. The minimum absolute atomic E-state index is 0.114. The quantitative estimate of drug-likeness (QED) is 0.710. The van der Waals surface area contributed by atoms with Crippen molar-refractivity contribution >= 4 is 11.6 Å². The first-order valence-corrected chi connectivity index (χ1v) is 9.41. The number of nitrogens with one attached hydrogen (secondary N) is 1. The van der Waals surface area contributed by atoms with Gasteiger partial charge in [-0.25, -0.2) is 0 Å². The number of fused-ring (bicyclic) bond motifs is 1. The Morgan fingerprint density at radius 1 is 1.18 bits per heavy atom. The zero-order valence-corrected chi connectivity index (χ0v) is 15.7. The van der Waals surface area contributed by atoms with Crippen LogP contribution in [0.4, 0.5) is 5.69 Å². The molecule has 0 fully saturated rings. The first-order chi connectivity index (χ1) is 13.7. The fourth-order valence-corrected chi connectivity index (χ4v) is 3.14. The fourth-order valence-electron chi connectivity index (χ4n) is 3.14. The van der Waals surface area contributed by atoms with Crippen molar-refractivity contribution in [3.8, 4) is 17.1 Å². The lowest BCUT2D eigenvalue weighted by atomic mass is 10.1. The number of carbonyl (C=O) groups is 1. The molecule has 0 radical (unpaired) electrons. The van der Waals surface area contributed by atoms with E-state index in [1.165, 1.54) is 0 Å². The van der Waals surface area contributed by atoms with Crippen molar-refractivity contribution < 1.29 is 14.1 Å². The lowest BCUT2D eigenvalue weighted by Crippen LogP contribution is -2.48. The number of hydrogen-bond acceptors (Lipinski definition) is 6. The van der Waals surface area contributed by atoms with E-state index in [1.54, 1.807) is 0 Å². The Morgan fingerprint density at radius 2 is 1.96 bits per heavy atom. The van der Waals surface area contributed by atoms with Gasteiger partial charge < -0.3 is 19.5 Å². The molecule has 7 nitrogen and oxygen atoms in total. The predicted molar refractivity (Wildman–Crippen MR) is 105 cm³/mol. The van der Waals surface area contributed by atoms with Crippen molar-refractivity contribution in [3.63, 3.8) is 0 Å². The van der Waals surface area contributed by atoms with E-state index in [4.69, 9.17) is 9.26 Å². The van der Waals surface area contributed by atoms with Crippen LogP contribution in [-0.2, 0) is 11.3 Å². The van der Waals surface area contributed by atoms with Gasteiger partial charge in [0.1, 0.15) is 5.75 Å². The SMILES string of the molecule is CCCNC(=O)[C@H]1CN(Cc2nc(-c3ccccc3)no2)c2ccccc2O1. The van der Waals surface area contributed by atoms with Crippen molar-refractivity contribution in [2.45, 2.75) is 26.0 Å². The van der Waals surface area contributed by atoms with Crippen LogP contribution in [-0.4, -0.2) is 35.2 Å². The van der Waals surface area contributed by atoms with Gasteiger partial charge in [0.15, 0.2) is 6.10 Å². The number of rotatable bonds is 6. The monoisotopic (exact) mass is 378 g/mol. The number of carbonyl (C=O) groups excluding carboxylic acids is 1. The second kappa shape index (κ2) is 8.12. The van der Waals surface area contributed by atoms with Gasteiger partial charge in [-0.05, 0) is 18.6 Å². The fraction of sp³-hybridized carbons (Fsp3) is 0.286. The normalized spacial score (nSPS) is 15.6. The van der Waals surface area contributed by atoms with E-state index in [9.17, 15) is 4.79 Å². The number of hydrogen-bond donors (Lipinski definition) is 1. The van der Waals surface area contributed by atoms with Gasteiger partial charge in [-0.3, -0.25) is 4.79 Å². The van der Waals surface area contributed by atoms with E-state index in [-0.39, 0.29) is 5.91 Å². The molecule has 4 rings (SSSR count). The van der Waals surface area contributed by atoms with Crippen LogP contribution in [0.25, 0.3) is 11.4 Å². The molecule has 1 aliphatic heterocycles. The molecule has 7 heteroatoms. The minimum Gasteiger partial charge on any atom is -0.477 e. The van der Waals surface area contributed by atoms with Crippen LogP contribution in [0.1, 0.15) is 19.2 Å². The summed E-state index contributed by atoms with van der Waals surface area (Å²) in [5.41, 5.74) is 1.80. The molecule has 1 aliphatic rings. The standard InChI is InChI=1S/C21H22N4O3/c1-2-12-22-21(26)18-13-25(16-10-6-7-11-17(16)27-18)14-19-23-20(24-28-19)15-8-4-3-5-9-15/h3-11,18H,2,12-14H2,1H3,(H,22,26)/t18-/m1/s1. The number of nitrogens with zero attached hydrogens (tertiary/aromatic N) is 3. The van der Waals surface area contributed by atoms with E-state index in [0.29, 0.717) is 37.1 Å². The zero-order chi connectivity index (χ0) is 19.3. The minimum atomic E-state index is -0.585. The summed E-state index contributed by atoms with van der Waals surface area (Å²) in [7, 11) is 0. The lowest BCUT2D eigenvalue weighted by molar-refractivity contribution is -0.127. The maximum Gasteiger partial charge on any atom is 0.262 e. The molecule has 1 amide bonds. The Morgan fingerprint density at radius 3 is 2.79 bits per heavy atom. The zero-order valence-electron chi connectivity index (χ0n) is 15.7. The van der Waals surface area contributed by atoms with Gasteiger partial charge in [0.2, 0.25) is 11.7 Å². The molecule has 0 saturated carbocycles. The molecule has 0 aliphatic carbocycles. The van der Waals surface area contributed by atoms with Gasteiger partial charge >= 0.3 is 0 Å². The van der Waals surface area contributed by atoms with Crippen LogP contribution < -0.4 is 15.0 Å². The molecule has 0 unspecified atom stereocenters. The van der Waals surface area contributed by atoms with E-state index in [2.05, 4.69) is 15.5 Å². The molecule has 28 heavy (non-hydrogen) atoms. The highest BCUT2D eigenvalue weighted by molar-refractivity contribution is 5.83. The van der Waals surface area contributed by atoms with Crippen LogP contribution in [0.3, 0.4) is 0 Å². The van der Waals surface area contributed by atoms with E-state index < -0.39 is 6.10 Å². The van der Waals surface area contributed by atoms with E-state index in [1.807, 2.05) is 66.4 Å². The molecule has 2 heterocycles. The van der Waals surface area contributed by atoms with E-state index in [0.717, 1.165) is 17.7 Å². The Kier molecular flexibility index (Phi) is 5.23. The third kappa shape index (κ3) is 3.83. The topological polar surface area (TPSA) is 80.5 Å². The highest BCUT2D eigenvalue weighted by atomic mass is 16.5. The lowest BCUT2D eigenvalue weighted by Gasteiger charge is -2.34. The summed E-state index contributed by atoms with van der Waals surface area (Å²) >= 11 is 0. The average molecular weight is 378 g/mol. The summed E-state index contributed by atoms with van der Waals surface area (Å²) in [4.78, 5) is 19.0. The summed E-state index contributed by atoms with van der Waals surface area (Å²) in [5, 5.41) is 6.98. The molecular weight excluding hydrogens is 356 g/mol. The molecule has 0 bridgehead atoms. The van der Waals surface area contributed by atoms with Crippen LogP contribution in [0.5, 0.6) is 5.75 Å². The molecule has 144 valence electrons. The number of anilines is 1. The largest absolute Gasteiger partial charge is 0.477 e. The number of aromatic nitrogens is 2. The maximum absolute atomic E-state index is 12.4. The summed E-state index contributed by atoms with van der Waals surface area (Å²) in [6, 6.07) is 17.3. The Labute approximate surface area is 163 Å².